The summed E-state index contributed by atoms with van der Waals surface area (Å²) < 4.78 is 74.5. The van der Waals surface area contributed by atoms with E-state index in [4.69, 9.17) is 72.3 Å². The molecular formula is C54H92N8O17. The Morgan fingerprint density at radius 3 is 1.44 bits per heavy atom. The number of fused-ring (bicyclic) bond motifs is 1. The van der Waals surface area contributed by atoms with Crippen LogP contribution in [-0.2, 0) is 89.0 Å². The number of nitrogens with two attached hydrogens (primary N) is 1. The number of amides is 4. The predicted molar refractivity (Wildman–Crippen MR) is 291 cm³/mol. The van der Waals surface area contributed by atoms with Crippen LogP contribution in [-0.4, -0.2) is 233 Å². The van der Waals surface area contributed by atoms with Crippen molar-refractivity contribution in [1.82, 2.24) is 35.3 Å². The van der Waals surface area contributed by atoms with E-state index in [2.05, 4.69) is 32.3 Å². The third-order valence-corrected chi connectivity index (χ3v) is 12.4. The second-order valence-electron chi connectivity index (χ2n) is 19.0. The van der Waals surface area contributed by atoms with Gasteiger partial charge in [-0.1, -0.05) is 13.3 Å². The van der Waals surface area contributed by atoms with Crippen molar-refractivity contribution in [2.75, 3.05) is 184 Å². The van der Waals surface area contributed by atoms with Gasteiger partial charge in [0.05, 0.1) is 165 Å². The molecule has 4 amide bonds. The molecule has 0 bridgehead atoms. The van der Waals surface area contributed by atoms with Crippen LogP contribution in [0.3, 0.4) is 0 Å². The summed E-state index contributed by atoms with van der Waals surface area (Å²) in [6.45, 7) is 18.5. The van der Waals surface area contributed by atoms with Gasteiger partial charge in [-0.3, -0.25) is 24.1 Å². The Hall–Kier alpha value is -4.51. The Morgan fingerprint density at radius 1 is 0.582 bits per heavy atom. The first-order valence-corrected chi connectivity index (χ1v) is 28.3. The Kier molecular flexibility index (Phi) is 36.7. The average molecular weight is 1130 g/mol. The zero-order valence-electron chi connectivity index (χ0n) is 47.3. The molecule has 0 atom stereocenters. The van der Waals surface area contributed by atoms with Crippen LogP contribution in [0, 0.1) is 11.8 Å². The second-order valence-corrected chi connectivity index (χ2v) is 19.0. The zero-order valence-corrected chi connectivity index (χ0v) is 47.3. The van der Waals surface area contributed by atoms with Crippen molar-refractivity contribution in [3.05, 3.63) is 18.0 Å². The van der Waals surface area contributed by atoms with E-state index in [-0.39, 0.29) is 30.9 Å². The number of imidazole rings is 1. The highest BCUT2D eigenvalue weighted by Gasteiger charge is 2.27. The molecule has 4 N–H and O–H groups in total. The monoisotopic (exact) mass is 1120 g/mol. The summed E-state index contributed by atoms with van der Waals surface area (Å²) in [5, 5.41) is 14.2. The van der Waals surface area contributed by atoms with Gasteiger partial charge < -0.3 is 82.5 Å². The van der Waals surface area contributed by atoms with Gasteiger partial charge in [0.15, 0.2) is 5.82 Å². The Bertz CT molecular complexity index is 1970. The summed E-state index contributed by atoms with van der Waals surface area (Å²) in [5.41, 5.74) is 7.74. The minimum absolute atomic E-state index is 0.00614. The number of carbonyl (C=O) groups is 4. The number of nitrogens with one attached hydrogen (secondary N) is 2. The van der Waals surface area contributed by atoms with Crippen molar-refractivity contribution in [1.29, 1.82) is 0 Å². The number of ether oxygens (including phenoxy) is 13. The van der Waals surface area contributed by atoms with Gasteiger partial charge in [0.25, 0.3) is 17.7 Å². The SMILES string of the molecule is CCCCc1nc2c(N)nnc(OC(C)C)c2n1CC1CCC(CNC(=O)CCOCCOCCOCCOCCOCCOCCOCCOCCOCCOCCOCCOCCNC(=O)CCN2C(=O)C=CC2=O)CC1. The molecule has 4 rings (SSSR count). The number of rotatable bonds is 51. The summed E-state index contributed by atoms with van der Waals surface area (Å²) in [5.74, 6) is 1.71. The quantitative estimate of drug-likeness (QED) is 0.0634. The van der Waals surface area contributed by atoms with Crippen LogP contribution >= 0.6 is 0 Å². The van der Waals surface area contributed by atoms with E-state index in [1.54, 1.807) is 0 Å². The minimum atomic E-state index is -0.402. The van der Waals surface area contributed by atoms with E-state index in [9.17, 15) is 19.2 Å². The maximum absolute atomic E-state index is 12.5. The van der Waals surface area contributed by atoms with Crippen molar-refractivity contribution in [2.45, 2.75) is 91.2 Å². The summed E-state index contributed by atoms with van der Waals surface area (Å²) in [6, 6.07) is 0. The molecule has 2 aromatic rings. The van der Waals surface area contributed by atoms with Crippen LogP contribution in [0.4, 0.5) is 5.82 Å². The summed E-state index contributed by atoms with van der Waals surface area (Å²) in [6.07, 6.45) is 9.94. The van der Waals surface area contributed by atoms with Gasteiger partial charge in [-0.25, -0.2) is 4.98 Å². The molecule has 0 saturated heterocycles. The van der Waals surface area contributed by atoms with Gasteiger partial charge in [-0.05, 0) is 57.8 Å². The van der Waals surface area contributed by atoms with Crippen LogP contribution in [0.5, 0.6) is 5.88 Å². The number of aryl methyl sites for hydroxylation is 1. The molecule has 1 aliphatic heterocycles. The second kappa shape index (κ2) is 43.3. The topological polar surface area (TPSA) is 285 Å². The highest BCUT2D eigenvalue weighted by molar-refractivity contribution is 6.13. The molecule has 79 heavy (non-hydrogen) atoms. The van der Waals surface area contributed by atoms with E-state index in [1.807, 2.05) is 13.8 Å². The molecule has 0 aromatic carbocycles. The summed E-state index contributed by atoms with van der Waals surface area (Å²) in [7, 11) is 0. The van der Waals surface area contributed by atoms with Gasteiger partial charge >= 0.3 is 0 Å². The maximum Gasteiger partial charge on any atom is 0.260 e. The van der Waals surface area contributed by atoms with Crippen molar-refractivity contribution in [3.8, 4) is 5.88 Å². The first-order chi connectivity index (χ1) is 38.7. The number of carbonyl (C=O) groups excluding carboxylic acids is 4. The first-order valence-electron chi connectivity index (χ1n) is 28.3. The molecule has 1 fully saturated rings. The lowest BCUT2D eigenvalue weighted by Gasteiger charge is -2.29. The lowest BCUT2D eigenvalue weighted by molar-refractivity contribution is -0.137. The number of hydrogen-bond acceptors (Lipinski definition) is 21. The van der Waals surface area contributed by atoms with E-state index in [0.717, 1.165) is 67.7 Å². The van der Waals surface area contributed by atoms with Gasteiger partial charge in [0.2, 0.25) is 11.8 Å². The van der Waals surface area contributed by atoms with Gasteiger partial charge in [-0.2, -0.15) is 0 Å². The number of nitrogens with zero attached hydrogens (tertiary/aromatic N) is 5. The standard InChI is InChI=1S/C54H92N8O17/c1-4-5-6-46-58-51-52(54(79-43(2)3)60-59-53(51)55)62(46)42-45-9-7-44(8-10-45)41-57-48(64)14-17-67-19-21-69-23-25-71-27-29-73-31-33-75-35-37-77-39-40-78-38-36-76-34-32-74-30-28-72-26-24-70-22-20-68-18-15-56-47(63)13-16-61-49(65)11-12-50(61)66/h11-12,43-45H,4-10,13-42H2,1-3H3,(H2,55,59)(H,56,63)(H,57,64). The van der Waals surface area contributed by atoms with Crippen LogP contribution < -0.4 is 21.1 Å². The minimum Gasteiger partial charge on any atom is -0.472 e. The predicted octanol–water partition coefficient (Wildman–Crippen LogP) is 2.48. The number of imide groups is 1. The highest BCUT2D eigenvalue weighted by Crippen LogP contribution is 2.34. The normalized spacial score (nSPS) is 15.6. The molecule has 25 heteroatoms. The smallest absolute Gasteiger partial charge is 0.260 e. The van der Waals surface area contributed by atoms with Crippen LogP contribution in [0.15, 0.2) is 12.2 Å². The summed E-state index contributed by atoms with van der Waals surface area (Å²) in [4.78, 5) is 53.3. The number of nitrogen functional groups attached to an aromatic ring is 1. The van der Waals surface area contributed by atoms with E-state index in [1.165, 1.54) is 12.2 Å². The van der Waals surface area contributed by atoms with Crippen LogP contribution in [0.1, 0.15) is 78.0 Å². The Labute approximate surface area is 466 Å². The number of unbranched alkanes of at least 4 members (excludes halogenated alkanes) is 1. The molecule has 25 nitrogen and oxygen atoms in total. The average Bonchev–Trinajstić information content (AvgIpc) is 4.13. The molecule has 2 aliphatic rings. The fourth-order valence-corrected chi connectivity index (χ4v) is 8.24. The van der Waals surface area contributed by atoms with Crippen molar-refractivity contribution >= 4 is 40.5 Å². The Morgan fingerprint density at radius 2 is 1.00 bits per heavy atom. The van der Waals surface area contributed by atoms with E-state index >= 15 is 0 Å². The molecule has 450 valence electrons. The van der Waals surface area contributed by atoms with Crippen LogP contribution in [0.2, 0.25) is 0 Å². The largest absolute Gasteiger partial charge is 0.472 e. The number of aromatic nitrogens is 4. The van der Waals surface area contributed by atoms with Crippen molar-refractivity contribution in [2.24, 2.45) is 11.8 Å². The lowest BCUT2D eigenvalue weighted by Crippen LogP contribution is -2.35. The maximum atomic E-state index is 12.5. The fraction of sp³-hybridized carbons (Fsp3) is 0.796. The van der Waals surface area contributed by atoms with Gasteiger partial charge in [0, 0.05) is 57.6 Å². The molecule has 3 heterocycles. The molecule has 0 unspecified atom stereocenters. The first kappa shape index (κ1) is 67.0. The molecule has 1 saturated carbocycles. The van der Waals surface area contributed by atoms with E-state index in [0.29, 0.717) is 207 Å². The summed E-state index contributed by atoms with van der Waals surface area (Å²) >= 11 is 0. The van der Waals surface area contributed by atoms with Crippen LogP contribution in [0.25, 0.3) is 11.0 Å². The van der Waals surface area contributed by atoms with Gasteiger partial charge in [0.1, 0.15) is 16.9 Å². The van der Waals surface area contributed by atoms with Crippen molar-refractivity contribution in [3.63, 3.8) is 0 Å². The third kappa shape index (κ3) is 30.2. The zero-order chi connectivity index (χ0) is 56.4. The molecule has 2 aromatic heterocycles. The van der Waals surface area contributed by atoms with Gasteiger partial charge in [-0.15, -0.1) is 10.2 Å². The molecule has 0 spiro atoms. The highest BCUT2D eigenvalue weighted by atomic mass is 16.6. The lowest BCUT2D eigenvalue weighted by atomic mass is 9.82. The van der Waals surface area contributed by atoms with E-state index < -0.39 is 11.8 Å². The third-order valence-electron chi connectivity index (χ3n) is 12.4. The molecule has 1 aliphatic carbocycles. The molecular weight excluding hydrogens is 1030 g/mol. The van der Waals surface area contributed by atoms with Crippen molar-refractivity contribution < 1.29 is 80.8 Å². The Balaban J connectivity index is 0.791. The fourth-order valence-electron chi connectivity index (χ4n) is 8.24. The number of anilines is 1. The molecule has 0 radical (unpaired) electrons. The number of hydrogen-bond donors (Lipinski definition) is 3.